The molecule has 8 heteroatoms. The van der Waals surface area contributed by atoms with Gasteiger partial charge in [-0.3, -0.25) is 9.59 Å². The molecule has 126 valence electrons. The Morgan fingerprint density at radius 1 is 0.917 bits per heavy atom. The lowest BCUT2D eigenvalue weighted by molar-refractivity contribution is -0.125. The monoisotopic (exact) mass is 386 g/mol. The summed E-state index contributed by atoms with van der Waals surface area (Å²) in [5.74, 6) is -0.360. The van der Waals surface area contributed by atoms with Crippen LogP contribution in [0.25, 0.3) is 0 Å². The predicted molar refractivity (Wildman–Crippen MR) is 95.0 cm³/mol. The smallest absolute Gasteiger partial charge is 0.258 e. The fourth-order valence-corrected chi connectivity index (χ4v) is 2.16. The molecule has 0 fully saturated rings. The molecule has 2 N–H and O–H groups in total. The topological polar surface area (TPSA) is 67.4 Å². The fourth-order valence-electron chi connectivity index (χ4n) is 1.70. The van der Waals surface area contributed by atoms with Gasteiger partial charge in [-0.25, -0.2) is 0 Å². The van der Waals surface area contributed by atoms with Crippen LogP contribution < -0.4 is 15.4 Å². The van der Waals surface area contributed by atoms with Crippen molar-refractivity contribution in [2.45, 2.75) is 0 Å². The number of carbonyl (C=O) groups excluding carboxylic acids is 2. The first-order chi connectivity index (χ1) is 11.4. The van der Waals surface area contributed by atoms with E-state index >= 15 is 0 Å². The summed E-state index contributed by atoms with van der Waals surface area (Å²) in [4.78, 5) is 23.5. The molecule has 0 aliphatic heterocycles. The summed E-state index contributed by atoms with van der Waals surface area (Å²) in [6.45, 7) is -0.432. The van der Waals surface area contributed by atoms with E-state index in [1.54, 1.807) is 36.4 Å². The van der Waals surface area contributed by atoms with Crippen molar-refractivity contribution in [3.05, 3.63) is 57.5 Å². The molecule has 0 spiro atoms. The normalized spacial score (nSPS) is 10.1. The van der Waals surface area contributed by atoms with E-state index in [0.29, 0.717) is 26.5 Å². The molecule has 2 rings (SSSR count). The highest BCUT2D eigenvalue weighted by Crippen LogP contribution is 2.25. The zero-order valence-electron chi connectivity index (χ0n) is 12.3. The molecule has 2 aromatic rings. The van der Waals surface area contributed by atoms with E-state index in [1.807, 2.05) is 0 Å². The lowest BCUT2D eigenvalue weighted by atomic mass is 10.3. The summed E-state index contributed by atoms with van der Waals surface area (Å²) >= 11 is 17.5. The average Bonchev–Trinajstić information content (AvgIpc) is 2.56. The second-order valence-corrected chi connectivity index (χ2v) is 5.97. The first kappa shape index (κ1) is 18.4. The highest BCUT2D eigenvalue weighted by molar-refractivity contribution is 6.35. The van der Waals surface area contributed by atoms with Crippen molar-refractivity contribution in [2.24, 2.45) is 0 Å². The maximum absolute atomic E-state index is 11.8. The lowest BCUT2D eigenvalue weighted by Crippen LogP contribution is -2.35. The molecule has 0 atom stereocenters. The maximum Gasteiger partial charge on any atom is 0.258 e. The van der Waals surface area contributed by atoms with E-state index in [9.17, 15) is 9.59 Å². The van der Waals surface area contributed by atoms with Gasteiger partial charge in [-0.05, 0) is 42.5 Å². The van der Waals surface area contributed by atoms with Crippen LogP contribution in [0.1, 0.15) is 0 Å². The summed E-state index contributed by atoms with van der Waals surface area (Å²) in [5, 5.41) is 6.37. The minimum absolute atomic E-state index is 0.215. The number of amides is 2. The van der Waals surface area contributed by atoms with E-state index in [2.05, 4.69) is 10.6 Å². The van der Waals surface area contributed by atoms with Crippen LogP contribution in [0.15, 0.2) is 42.5 Å². The SMILES string of the molecule is O=C(COc1ccc(Cl)cc1)NCC(=O)Nc1cc(Cl)ccc1Cl. The van der Waals surface area contributed by atoms with Gasteiger partial charge in [-0.2, -0.15) is 0 Å². The summed E-state index contributed by atoms with van der Waals surface area (Å²) in [6, 6.07) is 11.3. The Kier molecular flexibility index (Phi) is 6.73. The van der Waals surface area contributed by atoms with Gasteiger partial charge in [0.2, 0.25) is 5.91 Å². The fraction of sp³-hybridized carbons (Fsp3) is 0.125. The minimum atomic E-state index is -0.433. The van der Waals surface area contributed by atoms with E-state index in [0.717, 1.165) is 0 Å². The van der Waals surface area contributed by atoms with Gasteiger partial charge in [0.25, 0.3) is 5.91 Å². The van der Waals surface area contributed by atoms with Crippen LogP contribution in [-0.2, 0) is 9.59 Å². The van der Waals surface area contributed by atoms with Crippen LogP contribution in [-0.4, -0.2) is 25.0 Å². The number of nitrogens with one attached hydrogen (secondary N) is 2. The predicted octanol–water partition coefficient (Wildman–Crippen LogP) is 3.78. The van der Waals surface area contributed by atoms with Crippen LogP contribution in [0.4, 0.5) is 5.69 Å². The van der Waals surface area contributed by atoms with Crippen molar-refractivity contribution in [1.29, 1.82) is 0 Å². The van der Waals surface area contributed by atoms with E-state index in [-0.39, 0.29) is 13.2 Å². The van der Waals surface area contributed by atoms with E-state index in [1.165, 1.54) is 6.07 Å². The third kappa shape index (κ3) is 5.92. The Hall–Kier alpha value is -1.95. The number of hydrogen-bond acceptors (Lipinski definition) is 3. The van der Waals surface area contributed by atoms with Crippen molar-refractivity contribution in [1.82, 2.24) is 5.32 Å². The number of rotatable bonds is 6. The van der Waals surface area contributed by atoms with Crippen LogP contribution in [0.5, 0.6) is 5.75 Å². The first-order valence-electron chi connectivity index (χ1n) is 6.84. The van der Waals surface area contributed by atoms with Crippen molar-refractivity contribution >= 4 is 52.3 Å². The van der Waals surface area contributed by atoms with Gasteiger partial charge in [-0.15, -0.1) is 0 Å². The Balaban J connectivity index is 1.75. The van der Waals surface area contributed by atoms with Gasteiger partial charge >= 0.3 is 0 Å². The Bertz CT molecular complexity index is 736. The molecule has 0 aliphatic rings. The number of benzene rings is 2. The summed E-state index contributed by atoms with van der Waals surface area (Å²) in [5.41, 5.74) is 0.376. The number of halogens is 3. The molecule has 2 aromatic carbocycles. The van der Waals surface area contributed by atoms with Crippen molar-refractivity contribution in [3.63, 3.8) is 0 Å². The molecule has 5 nitrogen and oxygen atoms in total. The number of ether oxygens (including phenoxy) is 1. The molecular formula is C16H13Cl3N2O3. The highest BCUT2D eigenvalue weighted by Gasteiger charge is 2.09. The second kappa shape index (κ2) is 8.78. The second-order valence-electron chi connectivity index (χ2n) is 4.69. The van der Waals surface area contributed by atoms with Gasteiger partial charge in [0.15, 0.2) is 6.61 Å². The number of anilines is 1. The zero-order chi connectivity index (χ0) is 17.5. The molecular weight excluding hydrogens is 375 g/mol. The molecule has 0 heterocycles. The Morgan fingerprint density at radius 2 is 1.58 bits per heavy atom. The number of carbonyl (C=O) groups is 2. The molecule has 0 bridgehead atoms. The van der Waals surface area contributed by atoms with Gasteiger partial charge < -0.3 is 15.4 Å². The van der Waals surface area contributed by atoms with Gasteiger partial charge in [0.1, 0.15) is 5.75 Å². The van der Waals surface area contributed by atoms with Gasteiger partial charge in [-0.1, -0.05) is 34.8 Å². The summed E-state index contributed by atoms with van der Waals surface area (Å²) < 4.78 is 5.27. The first-order valence-corrected chi connectivity index (χ1v) is 7.97. The zero-order valence-corrected chi connectivity index (χ0v) is 14.6. The average molecular weight is 388 g/mol. The van der Waals surface area contributed by atoms with Crippen LogP contribution in [0.2, 0.25) is 15.1 Å². The lowest BCUT2D eigenvalue weighted by Gasteiger charge is -2.09. The largest absolute Gasteiger partial charge is 0.484 e. The molecule has 0 saturated heterocycles. The molecule has 24 heavy (non-hydrogen) atoms. The highest BCUT2D eigenvalue weighted by atomic mass is 35.5. The maximum atomic E-state index is 11.8. The number of hydrogen-bond donors (Lipinski definition) is 2. The molecule has 0 saturated carbocycles. The van der Waals surface area contributed by atoms with Crippen LogP contribution in [0, 0.1) is 0 Å². The van der Waals surface area contributed by atoms with E-state index < -0.39 is 11.8 Å². The van der Waals surface area contributed by atoms with E-state index in [4.69, 9.17) is 39.5 Å². The Labute approximate surface area is 153 Å². The molecule has 0 unspecified atom stereocenters. The van der Waals surface area contributed by atoms with Crippen molar-refractivity contribution in [3.8, 4) is 5.75 Å². The minimum Gasteiger partial charge on any atom is -0.484 e. The van der Waals surface area contributed by atoms with Gasteiger partial charge in [0.05, 0.1) is 17.3 Å². The standard InChI is InChI=1S/C16H13Cl3N2O3/c17-10-1-4-12(5-2-10)24-9-16(23)20-8-15(22)21-14-7-11(18)3-6-13(14)19/h1-7H,8-9H2,(H,20,23)(H,21,22). The van der Waals surface area contributed by atoms with Crippen LogP contribution >= 0.6 is 34.8 Å². The summed E-state index contributed by atoms with van der Waals surface area (Å²) in [7, 11) is 0. The molecule has 0 aliphatic carbocycles. The third-order valence-electron chi connectivity index (χ3n) is 2.83. The van der Waals surface area contributed by atoms with Crippen molar-refractivity contribution < 1.29 is 14.3 Å². The quantitative estimate of drug-likeness (QED) is 0.792. The van der Waals surface area contributed by atoms with Gasteiger partial charge in [0, 0.05) is 10.0 Å². The van der Waals surface area contributed by atoms with Crippen molar-refractivity contribution in [2.75, 3.05) is 18.5 Å². The molecule has 2 amide bonds. The Morgan fingerprint density at radius 3 is 2.29 bits per heavy atom. The molecule has 0 aromatic heterocycles. The molecule has 0 radical (unpaired) electrons. The van der Waals surface area contributed by atoms with Crippen LogP contribution in [0.3, 0.4) is 0 Å². The third-order valence-corrected chi connectivity index (χ3v) is 3.65. The summed E-state index contributed by atoms with van der Waals surface area (Å²) in [6.07, 6.45) is 0.